The third-order valence-corrected chi connectivity index (χ3v) is 5.17. The summed E-state index contributed by atoms with van der Waals surface area (Å²) in [4.78, 5) is 0.535. The zero-order valence-corrected chi connectivity index (χ0v) is 12.2. The van der Waals surface area contributed by atoms with Gasteiger partial charge in [0.05, 0.1) is 9.80 Å². The second-order valence-corrected chi connectivity index (χ2v) is 6.87. The van der Waals surface area contributed by atoms with Crippen LogP contribution >= 0.6 is 0 Å². The summed E-state index contributed by atoms with van der Waals surface area (Å²) in [5.74, 6) is 0.0672. The average molecular weight is 304 g/mol. The second kappa shape index (κ2) is 5.00. The molecule has 108 valence electrons. The Morgan fingerprint density at radius 2 is 1.81 bits per heavy atom. The van der Waals surface area contributed by atoms with Crippen molar-refractivity contribution in [3.8, 4) is 5.75 Å². The third kappa shape index (κ3) is 2.56. The minimum absolute atomic E-state index is 0.0678. The lowest BCUT2D eigenvalue weighted by Gasteiger charge is -2.07. The zero-order chi connectivity index (χ0) is 15.0. The van der Waals surface area contributed by atoms with E-state index in [0.29, 0.717) is 16.2 Å². The Bertz CT molecular complexity index is 821. The minimum atomic E-state index is -3.49. The molecule has 0 atom stereocenters. The van der Waals surface area contributed by atoms with Crippen molar-refractivity contribution in [1.82, 2.24) is 0 Å². The molecule has 2 aromatic rings. The molecule has 3 nitrogen and oxygen atoms in total. The van der Waals surface area contributed by atoms with Gasteiger partial charge in [0.1, 0.15) is 18.2 Å². The summed E-state index contributed by atoms with van der Waals surface area (Å²) in [6.07, 6.45) is 1.62. The number of sulfone groups is 1. The molecular formula is C16H13FO3S. The lowest BCUT2D eigenvalue weighted by Crippen LogP contribution is -2.09. The number of hydrogen-bond donors (Lipinski definition) is 0. The summed E-state index contributed by atoms with van der Waals surface area (Å²) in [5, 5.41) is 0. The zero-order valence-electron chi connectivity index (χ0n) is 11.3. The van der Waals surface area contributed by atoms with Crippen LogP contribution in [0.2, 0.25) is 0 Å². The van der Waals surface area contributed by atoms with Crippen LogP contribution in [0.15, 0.2) is 52.3 Å². The molecule has 0 saturated heterocycles. The van der Waals surface area contributed by atoms with E-state index in [4.69, 9.17) is 4.74 Å². The topological polar surface area (TPSA) is 43.4 Å². The summed E-state index contributed by atoms with van der Waals surface area (Å²) in [6.45, 7) is 1.78. The van der Waals surface area contributed by atoms with Crippen molar-refractivity contribution in [2.45, 2.75) is 11.8 Å². The number of halogens is 1. The highest BCUT2D eigenvalue weighted by Gasteiger charge is 2.29. The fourth-order valence-electron chi connectivity index (χ4n) is 2.19. The van der Waals surface area contributed by atoms with Crippen LogP contribution in [-0.2, 0) is 9.84 Å². The summed E-state index contributed by atoms with van der Waals surface area (Å²) in [5.41, 5.74) is 1.57. The number of aryl methyl sites for hydroxylation is 1. The van der Waals surface area contributed by atoms with Crippen molar-refractivity contribution in [3.05, 3.63) is 64.3 Å². The van der Waals surface area contributed by atoms with Gasteiger partial charge in [0.25, 0.3) is 0 Å². The van der Waals surface area contributed by atoms with Gasteiger partial charge in [-0.2, -0.15) is 0 Å². The molecule has 3 rings (SSSR count). The highest BCUT2D eigenvalue weighted by Crippen LogP contribution is 2.33. The molecule has 0 bridgehead atoms. The number of benzene rings is 2. The Morgan fingerprint density at radius 1 is 1.10 bits per heavy atom. The molecule has 0 aliphatic carbocycles. The fraction of sp³-hybridized carbons (Fsp3) is 0.125. The van der Waals surface area contributed by atoms with Gasteiger partial charge < -0.3 is 4.74 Å². The van der Waals surface area contributed by atoms with Gasteiger partial charge in [0.15, 0.2) is 0 Å². The third-order valence-electron chi connectivity index (χ3n) is 3.31. The second-order valence-electron chi connectivity index (χ2n) is 4.90. The first-order valence-electron chi connectivity index (χ1n) is 6.41. The predicted molar refractivity (Wildman–Crippen MR) is 78.2 cm³/mol. The highest BCUT2D eigenvalue weighted by molar-refractivity contribution is 7.95. The Kier molecular flexibility index (Phi) is 3.29. The molecule has 2 aromatic carbocycles. The first kappa shape index (κ1) is 13.8. The van der Waals surface area contributed by atoms with Gasteiger partial charge >= 0.3 is 0 Å². The molecule has 0 aromatic heterocycles. The molecule has 0 N–H and O–H groups in total. The maximum Gasteiger partial charge on any atom is 0.206 e. The molecule has 0 saturated carbocycles. The molecule has 0 radical (unpaired) electrons. The van der Waals surface area contributed by atoms with E-state index in [1.165, 1.54) is 24.3 Å². The van der Waals surface area contributed by atoms with E-state index in [1.807, 2.05) is 13.0 Å². The first-order valence-corrected chi connectivity index (χ1v) is 7.90. The maximum atomic E-state index is 12.8. The summed E-state index contributed by atoms with van der Waals surface area (Å²) < 4.78 is 43.0. The standard InChI is InChI=1S/C16H13FO3S/c1-11-2-3-12-9-15(21(18,19)16(12)8-11)10-20-14-6-4-13(17)5-7-14/h2-9H,10H2,1H3. The van der Waals surface area contributed by atoms with E-state index in [0.717, 1.165) is 5.56 Å². The van der Waals surface area contributed by atoms with Crippen molar-refractivity contribution in [1.29, 1.82) is 0 Å². The van der Waals surface area contributed by atoms with Gasteiger partial charge in [-0.25, -0.2) is 12.8 Å². The van der Waals surface area contributed by atoms with Crippen LogP contribution in [0.1, 0.15) is 11.1 Å². The molecule has 0 unspecified atom stereocenters. The fourth-order valence-corrected chi connectivity index (χ4v) is 3.75. The lowest BCUT2D eigenvalue weighted by molar-refractivity contribution is 0.358. The van der Waals surface area contributed by atoms with Crippen molar-refractivity contribution in [3.63, 3.8) is 0 Å². The smallest absolute Gasteiger partial charge is 0.206 e. The van der Waals surface area contributed by atoms with Crippen LogP contribution in [-0.4, -0.2) is 15.0 Å². The van der Waals surface area contributed by atoms with Gasteiger partial charge in [0, 0.05) is 0 Å². The van der Waals surface area contributed by atoms with Crippen LogP contribution in [0.5, 0.6) is 5.75 Å². The normalized spacial score (nSPS) is 15.4. The average Bonchev–Trinajstić information content (AvgIpc) is 2.70. The van der Waals surface area contributed by atoms with Gasteiger partial charge in [-0.15, -0.1) is 0 Å². The van der Waals surface area contributed by atoms with Gasteiger partial charge in [-0.1, -0.05) is 12.1 Å². The van der Waals surface area contributed by atoms with E-state index >= 15 is 0 Å². The van der Waals surface area contributed by atoms with Crippen LogP contribution < -0.4 is 4.74 Å². The van der Waals surface area contributed by atoms with Crippen LogP contribution in [0.25, 0.3) is 6.08 Å². The molecule has 0 spiro atoms. The molecular weight excluding hydrogens is 291 g/mol. The van der Waals surface area contributed by atoms with E-state index in [1.54, 1.807) is 18.2 Å². The lowest BCUT2D eigenvalue weighted by atomic mass is 10.1. The Labute approximate surface area is 122 Å². The predicted octanol–water partition coefficient (Wildman–Crippen LogP) is 3.34. The minimum Gasteiger partial charge on any atom is -0.488 e. The van der Waals surface area contributed by atoms with Crippen molar-refractivity contribution in [2.75, 3.05) is 6.61 Å². The monoisotopic (exact) mass is 304 g/mol. The quantitative estimate of drug-likeness (QED) is 0.873. The van der Waals surface area contributed by atoms with Crippen LogP contribution in [0.3, 0.4) is 0 Å². The molecule has 21 heavy (non-hydrogen) atoms. The molecule has 0 amide bonds. The van der Waals surface area contributed by atoms with Gasteiger partial charge in [-0.05, 0) is 54.5 Å². The summed E-state index contributed by atoms with van der Waals surface area (Å²) in [6, 6.07) is 10.8. The number of ether oxygens (including phenoxy) is 1. The summed E-state index contributed by atoms with van der Waals surface area (Å²) in [7, 11) is -3.49. The molecule has 1 aliphatic heterocycles. The van der Waals surface area contributed by atoms with E-state index in [2.05, 4.69) is 0 Å². The Hall–Kier alpha value is -2.14. The van der Waals surface area contributed by atoms with Crippen molar-refractivity contribution >= 4 is 15.9 Å². The molecule has 0 fully saturated rings. The van der Waals surface area contributed by atoms with Crippen molar-refractivity contribution < 1.29 is 17.5 Å². The number of fused-ring (bicyclic) bond motifs is 1. The maximum absolute atomic E-state index is 12.8. The van der Waals surface area contributed by atoms with E-state index < -0.39 is 9.84 Å². The van der Waals surface area contributed by atoms with E-state index in [9.17, 15) is 12.8 Å². The van der Waals surface area contributed by atoms with Crippen LogP contribution in [0.4, 0.5) is 4.39 Å². The Balaban J connectivity index is 1.83. The van der Waals surface area contributed by atoms with E-state index in [-0.39, 0.29) is 17.3 Å². The molecule has 1 aliphatic rings. The Morgan fingerprint density at radius 3 is 2.52 bits per heavy atom. The first-order chi connectivity index (χ1) is 9.96. The molecule has 1 heterocycles. The SMILES string of the molecule is Cc1ccc2c(c1)S(=O)(=O)C(COc1ccc(F)cc1)=C2. The number of rotatable bonds is 3. The van der Waals surface area contributed by atoms with Gasteiger partial charge in [-0.3, -0.25) is 0 Å². The van der Waals surface area contributed by atoms with Crippen molar-refractivity contribution in [2.24, 2.45) is 0 Å². The molecule has 5 heteroatoms. The van der Waals surface area contributed by atoms with Crippen LogP contribution in [0, 0.1) is 12.7 Å². The highest BCUT2D eigenvalue weighted by atomic mass is 32.2. The van der Waals surface area contributed by atoms with Gasteiger partial charge in [0.2, 0.25) is 9.84 Å². The number of hydrogen-bond acceptors (Lipinski definition) is 3. The summed E-state index contributed by atoms with van der Waals surface area (Å²) >= 11 is 0. The largest absolute Gasteiger partial charge is 0.488 e.